The van der Waals surface area contributed by atoms with Crippen LogP contribution in [0.5, 0.6) is 0 Å². The van der Waals surface area contributed by atoms with E-state index in [1.165, 1.54) is 4.90 Å². The van der Waals surface area contributed by atoms with Gasteiger partial charge in [0.2, 0.25) is 0 Å². The molecule has 0 unspecified atom stereocenters. The topological polar surface area (TPSA) is 49.1 Å². The predicted molar refractivity (Wildman–Crippen MR) is 109 cm³/mol. The smallest absolute Gasteiger partial charge is 0.276 e. The lowest BCUT2D eigenvalue weighted by atomic mass is 10.1. The molecule has 0 atom stereocenters. The number of carbonyl (C=O) groups is 1. The molecule has 0 spiro atoms. The lowest BCUT2D eigenvalue weighted by Crippen LogP contribution is -3.13. The molecule has 27 heavy (non-hydrogen) atoms. The maximum absolute atomic E-state index is 12.3. The molecule has 1 fully saturated rings. The number of amides is 1. The molecular weight excluding hydrogens is 407 g/mol. The van der Waals surface area contributed by atoms with Crippen molar-refractivity contribution in [2.45, 2.75) is 6.54 Å². The predicted octanol–water partition coefficient (Wildman–Crippen LogP) is 2.70. The first-order valence-corrected chi connectivity index (χ1v) is 9.86. The summed E-state index contributed by atoms with van der Waals surface area (Å²) in [6, 6.07) is 11.3. The van der Waals surface area contributed by atoms with Gasteiger partial charge in [0.15, 0.2) is 5.71 Å². The number of hydrogen-bond donors (Lipinski definition) is 2. The van der Waals surface area contributed by atoms with Crippen molar-refractivity contribution in [3.63, 3.8) is 0 Å². The Balaban J connectivity index is 1.45. The van der Waals surface area contributed by atoms with Gasteiger partial charge >= 0.3 is 0 Å². The van der Waals surface area contributed by atoms with E-state index < -0.39 is 0 Å². The Bertz CT molecular complexity index is 923. The Hall–Kier alpha value is -1.79. The van der Waals surface area contributed by atoms with Gasteiger partial charge in [0.25, 0.3) is 5.91 Å². The summed E-state index contributed by atoms with van der Waals surface area (Å²) < 4.78 is 0. The number of anilines is 1. The van der Waals surface area contributed by atoms with Crippen molar-refractivity contribution in [3.8, 4) is 0 Å². The van der Waals surface area contributed by atoms with Gasteiger partial charge in [0, 0.05) is 21.2 Å². The third kappa shape index (κ3) is 3.92. The second-order valence-corrected chi connectivity index (χ2v) is 7.94. The molecule has 0 aliphatic carbocycles. The number of benzene rings is 2. The monoisotopic (exact) mass is 423 g/mol. The van der Waals surface area contributed by atoms with Gasteiger partial charge in [-0.3, -0.25) is 9.80 Å². The molecule has 2 heterocycles. The van der Waals surface area contributed by atoms with Gasteiger partial charge in [-0.1, -0.05) is 53.0 Å². The van der Waals surface area contributed by atoms with Crippen LogP contribution in [0.3, 0.4) is 0 Å². The minimum atomic E-state index is -0.250. The van der Waals surface area contributed by atoms with Crippen LogP contribution in [-0.4, -0.2) is 42.8 Å². The fourth-order valence-corrected chi connectivity index (χ4v) is 4.17. The van der Waals surface area contributed by atoms with Gasteiger partial charge < -0.3 is 10.2 Å². The molecule has 0 aromatic heterocycles. The summed E-state index contributed by atoms with van der Waals surface area (Å²) in [5.41, 5.74) is 2.75. The largest absolute Gasteiger partial charge is 0.328 e. The highest BCUT2D eigenvalue weighted by Crippen LogP contribution is 2.34. The highest BCUT2D eigenvalue weighted by molar-refractivity contribution is 6.56. The number of quaternary nitrogens is 1. The molecule has 1 amide bonds. The Morgan fingerprint density at radius 3 is 2.56 bits per heavy atom. The third-order valence-corrected chi connectivity index (χ3v) is 5.74. The van der Waals surface area contributed by atoms with Crippen LogP contribution in [0.1, 0.15) is 11.1 Å². The molecule has 2 N–H and O–H groups in total. The number of rotatable bonds is 3. The quantitative estimate of drug-likeness (QED) is 0.796. The van der Waals surface area contributed by atoms with Gasteiger partial charge in [-0.25, -0.2) is 0 Å². The Morgan fingerprint density at radius 1 is 1.07 bits per heavy atom. The van der Waals surface area contributed by atoms with Gasteiger partial charge in [-0.15, -0.1) is 0 Å². The summed E-state index contributed by atoms with van der Waals surface area (Å²) in [6.45, 7) is 4.26. The summed E-state index contributed by atoms with van der Waals surface area (Å²) in [5, 5.41) is 11.0. The van der Waals surface area contributed by atoms with Crippen molar-refractivity contribution in [2.75, 3.05) is 31.5 Å². The minimum Gasteiger partial charge on any atom is -0.328 e. The number of nitrogens with one attached hydrogen (secondary N) is 2. The van der Waals surface area contributed by atoms with E-state index in [1.54, 1.807) is 12.1 Å². The molecule has 1 saturated heterocycles. The Labute approximate surface area is 172 Å². The van der Waals surface area contributed by atoms with Crippen molar-refractivity contribution < 1.29 is 9.69 Å². The van der Waals surface area contributed by atoms with E-state index in [-0.39, 0.29) is 5.91 Å². The molecule has 2 aliphatic rings. The van der Waals surface area contributed by atoms with E-state index in [1.807, 2.05) is 23.2 Å². The molecule has 4 rings (SSSR count). The van der Waals surface area contributed by atoms with Gasteiger partial charge in [0.05, 0.1) is 36.9 Å². The molecule has 0 bridgehead atoms. The second kappa shape index (κ2) is 7.68. The fraction of sp³-hybridized carbons (Fsp3) is 0.263. The highest BCUT2D eigenvalue weighted by Gasteiger charge is 2.30. The first-order valence-electron chi connectivity index (χ1n) is 8.72. The Kier molecular flexibility index (Phi) is 5.28. The zero-order chi connectivity index (χ0) is 19.0. The first-order chi connectivity index (χ1) is 13.0. The van der Waals surface area contributed by atoms with Crippen LogP contribution in [0.15, 0.2) is 41.5 Å². The standard InChI is InChI=1S/C19H17Cl3N4O/c20-13-9-14-17(16(22)10-13)23-19(27)18(14)24-26-7-5-25(6-8-26)11-12-3-1-2-4-15(12)21/h1-4,9-10H,5-8,11H2,(H,23,24,27)/p+1. The fourth-order valence-electron chi connectivity index (χ4n) is 3.42. The summed E-state index contributed by atoms with van der Waals surface area (Å²) >= 11 is 18.5. The van der Waals surface area contributed by atoms with E-state index in [0.29, 0.717) is 27.0 Å². The van der Waals surface area contributed by atoms with Crippen molar-refractivity contribution >= 4 is 52.1 Å². The summed E-state index contributed by atoms with van der Waals surface area (Å²) in [6.07, 6.45) is 0. The number of halogens is 3. The maximum atomic E-state index is 12.3. The van der Waals surface area contributed by atoms with E-state index in [9.17, 15) is 4.79 Å². The molecule has 8 heteroatoms. The minimum absolute atomic E-state index is 0.250. The van der Waals surface area contributed by atoms with Crippen molar-refractivity contribution in [1.82, 2.24) is 5.01 Å². The molecule has 5 nitrogen and oxygen atoms in total. The van der Waals surface area contributed by atoms with Crippen molar-refractivity contribution in [1.29, 1.82) is 0 Å². The van der Waals surface area contributed by atoms with Gasteiger partial charge in [0.1, 0.15) is 6.54 Å². The average molecular weight is 425 g/mol. The second-order valence-electron chi connectivity index (χ2n) is 6.68. The highest BCUT2D eigenvalue weighted by atomic mass is 35.5. The third-order valence-electron chi connectivity index (χ3n) is 4.85. The molecule has 2 aromatic carbocycles. The van der Waals surface area contributed by atoms with Crippen LogP contribution in [0.25, 0.3) is 0 Å². The van der Waals surface area contributed by atoms with E-state index in [2.05, 4.69) is 16.5 Å². The van der Waals surface area contributed by atoms with Crippen LogP contribution in [0.2, 0.25) is 15.1 Å². The first kappa shape index (κ1) is 18.6. The molecule has 0 radical (unpaired) electrons. The number of fused-ring (bicyclic) bond motifs is 1. The zero-order valence-electron chi connectivity index (χ0n) is 14.4. The van der Waals surface area contributed by atoms with Gasteiger partial charge in [-0.2, -0.15) is 5.10 Å². The number of carbonyl (C=O) groups excluding carboxylic acids is 1. The van der Waals surface area contributed by atoms with E-state index in [4.69, 9.17) is 34.8 Å². The van der Waals surface area contributed by atoms with Crippen molar-refractivity contribution in [2.24, 2.45) is 5.10 Å². The number of nitrogens with zero attached hydrogens (tertiary/aromatic N) is 2. The van der Waals surface area contributed by atoms with Crippen molar-refractivity contribution in [3.05, 3.63) is 62.6 Å². The van der Waals surface area contributed by atoms with Crippen LogP contribution >= 0.6 is 34.8 Å². The lowest BCUT2D eigenvalue weighted by Gasteiger charge is -2.30. The lowest BCUT2D eigenvalue weighted by molar-refractivity contribution is -0.918. The number of piperazine rings is 1. The SMILES string of the molecule is O=C1Nc2c(Cl)cc(Cl)cc2/C1=N/N1CC[NH+](Cc2ccccc2Cl)CC1. The van der Waals surface area contributed by atoms with E-state index >= 15 is 0 Å². The zero-order valence-corrected chi connectivity index (χ0v) is 16.7. The maximum Gasteiger partial charge on any atom is 0.276 e. The van der Waals surface area contributed by atoms with Crippen LogP contribution in [0, 0.1) is 0 Å². The molecular formula is C19H18Cl3N4O+. The van der Waals surface area contributed by atoms with E-state index in [0.717, 1.165) is 43.3 Å². The molecule has 140 valence electrons. The van der Waals surface area contributed by atoms with Crippen LogP contribution in [0.4, 0.5) is 5.69 Å². The van der Waals surface area contributed by atoms with Crippen LogP contribution < -0.4 is 10.2 Å². The number of hydrogen-bond acceptors (Lipinski definition) is 3. The summed E-state index contributed by atoms with van der Waals surface area (Å²) in [7, 11) is 0. The average Bonchev–Trinajstić information content (AvgIpc) is 2.95. The summed E-state index contributed by atoms with van der Waals surface area (Å²) in [4.78, 5) is 13.8. The van der Waals surface area contributed by atoms with Crippen LogP contribution in [-0.2, 0) is 11.3 Å². The summed E-state index contributed by atoms with van der Waals surface area (Å²) in [5.74, 6) is -0.250. The molecule has 0 saturated carbocycles. The number of hydrazone groups is 1. The molecule has 2 aliphatic heterocycles. The van der Waals surface area contributed by atoms with Gasteiger partial charge in [-0.05, 0) is 18.2 Å². The normalized spacial score (nSPS) is 18.7. The Morgan fingerprint density at radius 2 is 1.81 bits per heavy atom. The molecule has 2 aromatic rings.